The van der Waals surface area contributed by atoms with E-state index in [2.05, 4.69) is 26.6 Å². The monoisotopic (exact) mass is 332 g/mol. The molecule has 0 aliphatic carbocycles. The van der Waals surface area contributed by atoms with Crippen LogP contribution in [0, 0.1) is 11.7 Å². The van der Waals surface area contributed by atoms with E-state index in [1.165, 1.54) is 18.2 Å². The topological polar surface area (TPSA) is 78.4 Å². The molecule has 0 aliphatic heterocycles. The van der Waals surface area contributed by atoms with Crippen LogP contribution in [0.5, 0.6) is 0 Å². The van der Waals surface area contributed by atoms with Crippen molar-refractivity contribution in [3.8, 4) is 0 Å². The summed E-state index contributed by atoms with van der Waals surface area (Å²) in [5.41, 5.74) is 0.360. The molecule has 0 aliphatic rings. The van der Waals surface area contributed by atoms with Gasteiger partial charge in [-0.25, -0.2) is 14.0 Å². The van der Waals surface area contributed by atoms with Crippen LogP contribution in [-0.2, 0) is 4.79 Å². The molecule has 19 heavy (non-hydrogen) atoms. The molecule has 0 fully saturated rings. The number of amides is 2. The summed E-state index contributed by atoms with van der Waals surface area (Å²) in [4.78, 5) is 22.6. The highest BCUT2D eigenvalue weighted by atomic mass is 79.9. The summed E-state index contributed by atoms with van der Waals surface area (Å²) < 4.78 is 13.2. The summed E-state index contributed by atoms with van der Waals surface area (Å²) in [6.07, 6.45) is 0. The normalized spacial score (nSPS) is 12.1. The predicted octanol–water partition coefficient (Wildman–Crippen LogP) is 2.82. The van der Waals surface area contributed by atoms with Gasteiger partial charge in [0, 0.05) is 5.69 Å². The van der Waals surface area contributed by atoms with Crippen molar-refractivity contribution >= 4 is 33.6 Å². The number of carboxylic acid groups (broad SMARTS) is 1. The van der Waals surface area contributed by atoms with Crippen molar-refractivity contribution in [2.24, 2.45) is 5.92 Å². The highest BCUT2D eigenvalue weighted by Crippen LogP contribution is 2.19. The van der Waals surface area contributed by atoms with Gasteiger partial charge in [-0.3, -0.25) is 0 Å². The molecular weight excluding hydrogens is 319 g/mol. The Bertz CT molecular complexity index is 494. The number of rotatable bonds is 4. The summed E-state index contributed by atoms with van der Waals surface area (Å²) >= 11 is 2.99. The van der Waals surface area contributed by atoms with Gasteiger partial charge in [-0.2, -0.15) is 0 Å². The van der Waals surface area contributed by atoms with Crippen LogP contribution in [0.15, 0.2) is 22.7 Å². The van der Waals surface area contributed by atoms with Gasteiger partial charge in [0.15, 0.2) is 0 Å². The Morgan fingerprint density at radius 2 is 2.00 bits per heavy atom. The first-order valence-electron chi connectivity index (χ1n) is 5.56. The fourth-order valence-corrected chi connectivity index (χ4v) is 1.77. The molecule has 5 nitrogen and oxygen atoms in total. The molecule has 104 valence electrons. The van der Waals surface area contributed by atoms with Gasteiger partial charge < -0.3 is 15.7 Å². The molecular formula is C12H14BrFN2O3. The summed E-state index contributed by atoms with van der Waals surface area (Å²) in [6.45, 7) is 3.38. The van der Waals surface area contributed by atoms with Gasteiger partial charge in [0.2, 0.25) is 0 Å². The number of carbonyl (C=O) groups excluding carboxylic acids is 1. The first kappa shape index (κ1) is 15.4. The number of hydrogen-bond donors (Lipinski definition) is 3. The molecule has 0 aromatic heterocycles. The van der Waals surface area contributed by atoms with Gasteiger partial charge in [-0.05, 0) is 40.0 Å². The average Bonchev–Trinajstić information content (AvgIpc) is 2.30. The van der Waals surface area contributed by atoms with Gasteiger partial charge in [0.1, 0.15) is 11.9 Å². The first-order chi connectivity index (χ1) is 8.81. The fraction of sp³-hybridized carbons (Fsp3) is 0.333. The Morgan fingerprint density at radius 1 is 1.37 bits per heavy atom. The van der Waals surface area contributed by atoms with E-state index in [9.17, 15) is 14.0 Å². The number of hydrogen-bond acceptors (Lipinski definition) is 2. The molecule has 0 saturated carbocycles. The second-order valence-corrected chi connectivity index (χ2v) is 5.14. The van der Waals surface area contributed by atoms with E-state index < -0.39 is 23.9 Å². The lowest BCUT2D eigenvalue weighted by atomic mass is 10.1. The SMILES string of the molecule is CC(C)C(NC(=O)Nc1ccc(F)c(Br)c1)C(=O)O. The van der Waals surface area contributed by atoms with Crippen molar-refractivity contribution in [1.29, 1.82) is 0 Å². The van der Waals surface area contributed by atoms with E-state index in [0.29, 0.717) is 5.69 Å². The van der Waals surface area contributed by atoms with Crippen LogP contribution in [0.4, 0.5) is 14.9 Å². The van der Waals surface area contributed by atoms with Crippen LogP contribution in [-0.4, -0.2) is 23.1 Å². The third kappa shape index (κ3) is 4.51. The van der Waals surface area contributed by atoms with Gasteiger partial charge in [-0.15, -0.1) is 0 Å². The number of aliphatic carboxylic acids is 1. The number of carbonyl (C=O) groups is 2. The second kappa shape index (κ2) is 6.51. The number of nitrogens with one attached hydrogen (secondary N) is 2. The Labute approximate surface area is 118 Å². The number of halogens is 2. The van der Waals surface area contributed by atoms with Crippen LogP contribution in [0.25, 0.3) is 0 Å². The molecule has 1 aromatic carbocycles. The quantitative estimate of drug-likeness (QED) is 0.793. The Hall–Kier alpha value is -1.63. The maximum Gasteiger partial charge on any atom is 0.326 e. The molecule has 0 saturated heterocycles. The Morgan fingerprint density at radius 3 is 2.47 bits per heavy atom. The zero-order chi connectivity index (χ0) is 14.6. The second-order valence-electron chi connectivity index (χ2n) is 4.29. The van der Waals surface area contributed by atoms with E-state index in [-0.39, 0.29) is 10.4 Å². The first-order valence-corrected chi connectivity index (χ1v) is 6.36. The standard InChI is InChI=1S/C12H14BrFN2O3/c1-6(2)10(11(17)18)16-12(19)15-7-3-4-9(14)8(13)5-7/h3-6,10H,1-2H3,(H,17,18)(H2,15,16,19). The maximum atomic E-state index is 13.0. The van der Waals surface area contributed by atoms with Gasteiger partial charge in [0.05, 0.1) is 4.47 Å². The zero-order valence-corrected chi connectivity index (χ0v) is 12.0. The molecule has 0 spiro atoms. The van der Waals surface area contributed by atoms with Crippen molar-refractivity contribution in [2.75, 3.05) is 5.32 Å². The minimum atomic E-state index is -1.11. The predicted molar refractivity (Wildman–Crippen MR) is 72.5 cm³/mol. The van der Waals surface area contributed by atoms with Crippen LogP contribution < -0.4 is 10.6 Å². The van der Waals surface area contributed by atoms with E-state index in [0.717, 1.165) is 0 Å². The lowest BCUT2D eigenvalue weighted by Gasteiger charge is -2.18. The van der Waals surface area contributed by atoms with Crippen LogP contribution >= 0.6 is 15.9 Å². The van der Waals surface area contributed by atoms with Crippen molar-refractivity contribution in [2.45, 2.75) is 19.9 Å². The van der Waals surface area contributed by atoms with Gasteiger partial charge in [-0.1, -0.05) is 13.8 Å². The molecule has 0 heterocycles. The van der Waals surface area contributed by atoms with Crippen molar-refractivity contribution in [1.82, 2.24) is 5.32 Å². The summed E-state index contributed by atoms with van der Waals surface area (Å²) in [6, 6.07) is 2.32. The minimum absolute atomic E-state index is 0.212. The maximum absolute atomic E-state index is 13.0. The minimum Gasteiger partial charge on any atom is -0.480 e. The van der Waals surface area contributed by atoms with E-state index in [1.54, 1.807) is 13.8 Å². The average molecular weight is 333 g/mol. The van der Waals surface area contributed by atoms with E-state index in [1.807, 2.05) is 0 Å². The summed E-state index contributed by atoms with van der Waals surface area (Å²) in [7, 11) is 0. The van der Waals surface area contributed by atoms with Gasteiger partial charge >= 0.3 is 12.0 Å². The van der Waals surface area contributed by atoms with E-state index >= 15 is 0 Å². The smallest absolute Gasteiger partial charge is 0.326 e. The molecule has 3 N–H and O–H groups in total. The summed E-state index contributed by atoms with van der Waals surface area (Å²) in [5, 5.41) is 13.7. The van der Waals surface area contributed by atoms with Crippen LogP contribution in [0.3, 0.4) is 0 Å². The molecule has 1 aromatic rings. The molecule has 0 bridgehead atoms. The largest absolute Gasteiger partial charge is 0.480 e. The molecule has 2 amide bonds. The lowest BCUT2D eigenvalue weighted by molar-refractivity contribution is -0.140. The lowest BCUT2D eigenvalue weighted by Crippen LogP contribution is -2.46. The Kier molecular flexibility index (Phi) is 5.29. The Balaban J connectivity index is 2.69. The van der Waals surface area contributed by atoms with Crippen molar-refractivity contribution < 1.29 is 19.1 Å². The molecule has 0 radical (unpaired) electrons. The molecule has 1 unspecified atom stereocenters. The van der Waals surface area contributed by atoms with Crippen molar-refractivity contribution in [3.63, 3.8) is 0 Å². The number of anilines is 1. The highest BCUT2D eigenvalue weighted by Gasteiger charge is 2.23. The zero-order valence-electron chi connectivity index (χ0n) is 10.4. The molecule has 1 atom stereocenters. The summed E-state index contributed by atoms with van der Waals surface area (Å²) in [5.74, 6) is -1.80. The van der Waals surface area contributed by atoms with Gasteiger partial charge in [0.25, 0.3) is 0 Å². The highest BCUT2D eigenvalue weighted by molar-refractivity contribution is 9.10. The van der Waals surface area contributed by atoms with Crippen molar-refractivity contribution in [3.05, 3.63) is 28.5 Å². The number of carboxylic acids is 1. The number of urea groups is 1. The van der Waals surface area contributed by atoms with Crippen LogP contribution in [0.2, 0.25) is 0 Å². The third-order valence-corrected chi connectivity index (χ3v) is 3.00. The molecule has 1 rings (SSSR count). The fourth-order valence-electron chi connectivity index (χ4n) is 1.40. The van der Waals surface area contributed by atoms with E-state index in [4.69, 9.17) is 5.11 Å². The van der Waals surface area contributed by atoms with Crippen LogP contribution in [0.1, 0.15) is 13.8 Å². The molecule has 7 heteroatoms. The number of benzene rings is 1. The third-order valence-electron chi connectivity index (χ3n) is 2.40.